The van der Waals surface area contributed by atoms with Gasteiger partial charge in [-0.25, -0.2) is 14.1 Å². The van der Waals surface area contributed by atoms with Gasteiger partial charge in [0.05, 0.1) is 11.4 Å². The van der Waals surface area contributed by atoms with E-state index in [4.69, 9.17) is 5.73 Å². The fourth-order valence-corrected chi connectivity index (χ4v) is 3.68. The molecule has 2 aromatic carbocycles. The van der Waals surface area contributed by atoms with Gasteiger partial charge in [-0.15, -0.1) is 0 Å². The number of amides is 1. The summed E-state index contributed by atoms with van der Waals surface area (Å²) < 4.78 is 16.3. The maximum Gasteiger partial charge on any atom is 0.227 e. The van der Waals surface area contributed by atoms with Crippen molar-refractivity contribution in [3.05, 3.63) is 94.8 Å². The summed E-state index contributed by atoms with van der Waals surface area (Å²) in [6.45, 7) is 1.94. The van der Waals surface area contributed by atoms with Crippen LogP contribution >= 0.6 is 0 Å². The van der Waals surface area contributed by atoms with E-state index in [1.807, 2.05) is 25.1 Å². The lowest BCUT2D eigenvalue weighted by Crippen LogP contribution is -2.30. The number of hydrogen-bond donors (Lipinski definition) is 1. The lowest BCUT2D eigenvalue weighted by atomic mass is 10.2. The number of nitrogens with zero attached hydrogens (tertiary/aromatic N) is 4. The van der Waals surface area contributed by atoms with Crippen molar-refractivity contribution in [2.75, 3.05) is 4.90 Å². The summed E-state index contributed by atoms with van der Waals surface area (Å²) in [5.41, 5.74) is 6.73. The quantitative estimate of drug-likeness (QED) is 0.626. The summed E-state index contributed by atoms with van der Waals surface area (Å²) in [5.74, 6) is -0.587. The maximum absolute atomic E-state index is 15.0. The number of halogens is 1. The molecule has 0 radical (unpaired) electrons. The molecular weight excluding hydrogens is 409 g/mol. The Hall–Kier alpha value is -4.07. The fraction of sp³-hybridized carbons (Fsp3) is 0.167. The van der Waals surface area contributed by atoms with Gasteiger partial charge < -0.3 is 10.6 Å². The van der Waals surface area contributed by atoms with Crippen molar-refractivity contribution < 1.29 is 9.18 Å². The Morgan fingerprint density at radius 1 is 1.19 bits per heavy atom. The van der Waals surface area contributed by atoms with Gasteiger partial charge in [0.2, 0.25) is 11.3 Å². The van der Waals surface area contributed by atoms with Crippen LogP contribution in [0.1, 0.15) is 25.5 Å². The third kappa shape index (κ3) is 4.20. The van der Waals surface area contributed by atoms with Crippen LogP contribution in [0.4, 0.5) is 15.8 Å². The van der Waals surface area contributed by atoms with Crippen LogP contribution in [-0.2, 0) is 4.79 Å². The molecule has 2 N–H and O–H groups in total. The van der Waals surface area contributed by atoms with Gasteiger partial charge in [-0.3, -0.25) is 9.59 Å². The average Bonchev–Trinajstić information content (AvgIpc) is 3.12. The minimum atomic E-state index is -0.563. The number of hydrogen-bond acceptors (Lipinski definition) is 5. The highest BCUT2D eigenvalue weighted by molar-refractivity contribution is 6.08. The number of rotatable bonds is 5. The molecule has 8 heteroatoms. The van der Waals surface area contributed by atoms with Gasteiger partial charge in [0, 0.05) is 30.4 Å². The molecule has 0 saturated carbocycles. The SMILES string of the molecule is CC1CCC(=O)N1c1ccc(-n2ccc(=O)c(C(C=CN)=Nc3ccccc3)n2)c(F)c1. The highest BCUT2D eigenvalue weighted by atomic mass is 19.1. The zero-order valence-corrected chi connectivity index (χ0v) is 17.5. The second kappa shape index (κ2) is 8.97. The number of allylic oxidation sites excluding steroid dienone is 1. The van der Waals surface area contributed by atoms with E-state index in [-0.39, 0.29) is 34.5 Å². The number of carbonyl (C=O) groups is 1. The predicted octanol–water partition coefficient (Wildman–Crippen LogP) is 3.48. The average molecular weight is 431 g/mol. The Balaban J connectivity index is 1.75. The standard InChI is InChI=1S/C24H22FN5O2/c1-16-7-10-23(32)30(16)18-8-9-21(19(25)15-18)29-14-12-22(31)24(28-29)20(11-13-26)27-17-5-3-2-4-6-17/h2-6,8-9,11-16H,7,10,26H2,1H3. The van der Waals surface area contributed by atoms with Crippen LogP contribution in [0.15, 0.2) is 82.9 Å². The fourth-order valence-electron chi connectivity index (χ4n) is 3.68. The van der Waals surface area contributed by atoms with Crippen LogP contribution in [0.5, 0.6) is 0 Å². The van der Waals surface area contributed by atoms with Gasteiger partial charge in [0.1, 0.15) is 5.69 Å². The highest BCUT2D eigenvalue weighted by Crippen LogP contribution is 2.28. The zero-order valence-electron chi connectivity index (χ0n) is 17.5. The maximum atomic E-state index is 15.0. The van der Waals surface area contributed by atoms with Crippen LogP contribution in [0.3, 0.4) is 0 Å². The Labute approximate surface area is 184 Å². The molecule has 1 fully saturated rings. The smallest absolute Gasteiger partial charge is 0.227 e. The number of anilines is 1. The Bertz CT molecular complexity index is 1270. The summed E-state index contributed by atoms with van der Waals surface area (Å²) in [4.78, 5) is 30.7. The van der Waals surface area contributed by atoms with Crippen molar-refractivity contribution in [2.45, 2.75) is 25.8 Å². The van der Waals surface area contributed by atoms with E-state index in [0.717, 1.165) is 6.42 Å². The second-order valence-electron chi connectivity index (χ2n) is 7.45. The van der Waals surface area contributed by atoms with E-state index >= 15 is 4.39 Å². The molecule has 162 valence electrons. The first kappa shape index (κ1) is 21.2. The molecule has 3 aromatic rings. The lowest BCUT2D eigenvalue weighted by Gasteiger charge is -2.22. The van der Waals surface area contributed by atoms with Crippen LogP contribution < -0.4 is 16.1 Å². The Morgan fingerprint density at radius 2 is 1.97 bits per heavy atom. The number of aromatic nitrogens is 2. The van der Waals surface area contributed by atoms with Crippen LogP contribution in [-0.4, -0.2) is 27.4 Å². The van der Waals surface area contributed by atoms with Crippen molar-refractivity contribution >= 4 is 23.0 Å². The first-order valence-corrected chi connectivity index (χ1v) is 10.2. The second-order valence-corrected chi connectivity index (χ2v) is 7.45. The Kier molecular flexibility index (Phi) is 5.93. The first-order valence-electron chi connectivity index (χ1n) is 10.2. The van der Waals surface area contributed by atoms with E-state index in [9.17, 15) is 9.59 Å². The van der Waals surface area contributed by atoms with E-state index in [1.165, 1.54) is 41.4 Å². The minimum absolute atomic E-state index is 0.0182. The summed E-state index contributed by atoms with van der Waals surface area (Å²) >= 11 is 0. The monoisotopic (exact) mass is 431 g/mol. The zero-order chi connectivity index (χ0) is 22.7. The van der Waals surface area contributed by atoms with Gasteiger partial charge in [0.25, 0.3) is 0 Å². The summed E-state index contributed by atoms with van der Waals surface area (Å²) in [6.07, 6.45) is 5.32. The largest absolute Gasteiger partial charge is 0.405 e. The molecule has 1 aliphatic heterocycles. The van der Waals surface area contributed by atoms with E-state index < -0.39 is 5.82 Å². The number of para-hydroxylation sites is 1. The number of carbonyl (C=O) groups excluding carboxylic acids is 1. The van der Waals surface area contributed by atoms with Gasteiger partial charge >= 0.3 is 0 Å². The number of benzene rings is 2. The molecule has 2 heterocycles. The van der Waals surface area contributed by atoms with Crippen molar-refractivity contribution in [1.82, 2.24) is 9.78 Å². The van der Waals surface area contributed by atoms with E-state index in [0.29, 0.717) is 17.8 Å². The van der Waals surface area contributed by atoms with Crippen molar-refractivity contribution in [2.24, 2.45) is 10.7 Å². The van der Waals surface area contributed by atoms with Gasteiger partial charge in [-0.1, -0.05) is 18.2 Å². The van der Waals surface area contributed by atoms with Crippen LogP contribution in [0, 0.1) is 5.82 Å². The molecule has 1 atom stereocenters. The minimum Gasteiger partial charge on any atom is -0.405 e. The third-order valence-corrected chi connectivity index (χ3v) is 5.25. The third-order valence-electron chi connectivity index (χ3n) is 5.25. The molecule has 0 bridgehead atoms. The molecule has 7 nitrogen and oxygen atoms in total. The molecule has 1 aromatic heterocycles. The van der Waals surface area contributed by atoms with Gasteiger partial charge in [-0.2, -0.15) is 5.10 Å². The van der Waals surface area contributed by atoms with Crippen molar-refractivity contribution in [1.29, 1.82) is 0 Å². The molecule has 4 rings (SSSR count). The molecular formula is C24H22FN5O2. The lowest BCUT2D eigenvalue weighted by molar-refractivity contribution is -0.117. The van der Waals surface area contributed by atoms with Crippen LogP contribution in [0.2, 0.25) is 0 Å². The van der Waals surface area contributed by atoms with E-state index in [1.54, 1.807) is 23.1 Å². The molecule has 32 heavy (non-hydrogen) atoms. The van der Waals surface area contributed by atoms with Gasteiger partial charge in [-0.05, 0) is 56.0 Å². The first-order chi connectivity index (χ1) is 15.5. The van der Waals surface area contributed by atoms with Gasteiger partial charge in [0.15, 0.2) is 11.5 Å². The summed E-state index contributed by atoms with van der Waals surface area (Å²) in [6, 6.07) is 14.9. The highest BCUT2D eigenvalue weighted by Gasteiger charge is 2.29. The number of nitrogens with two attached hydrogens (primary N) is 1. The topological polar surface area (TPSA) is 93.6 Å². The summed E-state index contributed by atoms with van der Waals surface area (Å²) in [7, 11) is 0. The van der Waals surface area contributed by atoms with Crippen molar-refractivity contribution in [3.8, 4) is 5.69 Å². The number of aliphatic imine (C=N–C) groups is 1. The van der Waals surface area contributed by atoms with Crippen LogP contribution in [0.25, 0.3) is 5.69 Å². The Morgan fingerprint density at radius 3 is 2.62 bits per heavy atom. The molecule has 1 amide bonds. The molecule has 1 aliphatic rings. The molecule has 1 saturated heterocycles. The molecule has 1 unspecified atom stereocenters. The molecule has 0 aliphatic carbocycles. The van der Waals surface area contributed by atoms with Crippen molar-refractivity contribution in [3.63, 3.8) is 0 Å². The predicted molar refractivity (Wildman–Crippen MR) is 122 cm³/mol. The normalized spacial score (nSPS) is 16.8. The molecule has 0 spiro atoms. The summed E-state index contributed by atoms with van der Waals surface area (Å²) in [5, 5.41) is 4.32. The van der Waals surface area contributed by atoms with E-state index in [2.05, 4.69) is 10.1 Å².